The lowest BCUT2D eigenvalue weighted by molar-refractivity contribution is 0.0502. The lowest BCUT2D eigenvalue weighted by Crippen LogP contribution is -2.38. The molecule has 0 heterocycles. The minimum absolute atomic E-state index is 0.102. The van der Waals surface area contributed by atoms with Gasteiger partial charge in [-0.05, 0) is 27.2 Å². The minimum atomic E-state index is -0.493. The van der Waals surface area contributed by atoms with Crippen LogP contribution < -0.4 is 5.32 Å². The monoisotopic (exact) mass is 212 g/mol. The van der Waals surface area contributed by atoms with E-state index in [2.05, 4.69) is 11.4 Å². The molecule has 0 aromatic carbocycles. The highest BCUT2D eigenvalue weighted by atomic mass is 16.6. The zero-order chi connectivity index (χ0) is 11.9. The number of carbonyl (C=O) groups is 1. The summed E-state index contributed by atoms with van der Waals surface area (Å²) < 4.78 is 5.10. The molecule has 0 saturated carbocycles. The molecule has 0 aromatic rings. The summed E-state index contributed by atoms with van der Waals surface area (Å²) in [7, 11) is 0. The first-order chi connectivity index (χ1) is 6.89. The number of hydrogen-bond donors (Lipinski definition) is 1. The summed E-state index contributed by atoms with van der Waals surface area (Å²) in [6.45, 7) is 7.45. The van der Waals surface area contributed by atoms with E-state index < -0.39 is 11.7 Å². The van der Waals surface area contributed by atoms with Crippen molar-refractivity contribution in [1.29, 1.82) is 5.26 Å². The fourth-order valence-electron chi connectivity index (χ4n) is 1.16. The summed E-state index contributed by atoms with van der Waals surface area (Å²) in [5, 5.41) is 11.3. The molecule has 0 aromatic heterocycles. The van der Waals surface area contributed by atoms with Gasteiger partial charge in [0.05, 0.1) is 12.5 Å². The number of ether oxygens (including phenoxy) is 1. The SMILES string of the molecule is CCCC(CC#N)NC(=O)OC(C)(C)C. The van der Waals surface area contributed by atoms with E-state index in [1.165, 1.54) is 0 Å². The molecule has 0 radical (unpaired) electrons. The zero-order valence-corrected chi connectivity index (χ0v) is 9.96. The Balaban J connectivity index is 4.06. The van der Waals surface area contributed by atoms with E-state index in [4.69, 9.17) is 10.00 Å². The number of alkyl carbamates (subject to hydrolysis) is 1. The van der Waals surface area contributed by atoms with Crippen molar-refractivity contribution in [2.75, 3.05) is 0 Å². The van der Waals surface area contributed by atoms with Crippen LogP contribution in [0.15, 0.2) is 0 Å². The summed E-state index contributed by atoms with van der Waals surface area (Å²) in [5.41, 5.74) is -0.493. The Kier molecular flexibility index (Phi) is 5.76. The summed E-state index contributed by atoms with van der Waals surface area (Å²) in [5.74, 6) is 0. The summed E-state index contributed by atoms with van der Waals surface area (Å²) in [4.78, 5) is 11.4. The quantitative estimate of drug-likeness (QED) is 0.779. The first-order valence-electron chi connectivity index (χ1n) is 5.25. The Bertz CT molecular complexity index is 238. The Labute approximate surface area is 91.6 Å². The van der Waals surface area contributed by atoms with Crippen LogP contribution in [0.25, 0.3) is 0 Å². The van der Waals surface area contributed by atoms with Crippen molar-refractivity contribution in [3.8, 4) is 6.07 Å². The van der Waals surface area contributed by atoms with Crippen LogP contribution in [0.4, 0.5) is 4.79 Å². The van der Waals surface area contributed by atoms with Crippen molar-refractivity contribution in [3.63, 3.8) is 0 Å². The van der Waals surface area contributed by atoms with Gasteiger partial charge in [-0.2, -0.15) is 5.26 Å². The van der Waals surface area contributed by atoms with Gasteiger partial charge in [0.25, 0.3) is 0 Å². The van der Waals surface area contributed by atoms with Crippen LogP contribution in [0.3, 0.4) is 0 Å². The standard InChI is InChI=1S/C11H20N2O2/c1-5-6-9(7-8-12)13-10(14)15-11(2,3)4/h9H,5-7H2,1-4H3,(H,13,14). The van der Waals surface area contributed by atoms with Crippen LogP contribution in [0.1, 0.15) is 47.0 Å². The lowest BCUT2D eigenvalue weighted by atomic mass is 10.1. The second kappa shape index (κ2) is 6.28. The molecule has 0 aliphatic rings. The maximum absolute atomic E-state index is 11.4. The number of hydrogen-bond acceptors (Lipinski definition) is 3. The lowest BCUT2D eigenvalue weighted by Gasteiger charge is -2.22. The van der Waals surface area contributed by atoms with Gasteiger partial charge in [0, 0.05) is 6.04 Å². The molecule has 0 fully saturated rings. The Hall–Kier alpha value is -1.24. The molecule has 86 valence electrons. The molecule has 1 N–H and O–H groups in total. The van der Waals surface area contributed by atoms with Crippen LogP contribution in [0, 0.1) is 11.3 Å². The summed E-state index contributed by atoms with van der Waals surface area (Å²) in [6, 6.07) is 1.95. The van der Waals surface area contributed by atoms with E-state index in [9.17, 15) is 4.79 Å². The van der Waals surface area contributed by atoms with E-state index in [1.54, 1.807) is 0 Å². The number of rotatable bonds is 4. The van der Waals surface area contributed by atoms with Crippen molar-refractivity contribution < 1.29 is 9.53 Å². The van der Waals surface area contributed by atoms with Gasteiger partial charge in [0.2, 0.25) is 0 Å². The number of nitriles is 1. The summed E-state index contributed by atoms with van der Waals surface area (Å²) >= 11 is 0. The van der Waals surface area contributed by atoms with Crippen LogP contribution in [0.2, 0.25) is 0 Å². The highest BCUT2D eigenvalue weighted by Gasteiger charge is 2.18. The second-order valence-corrected chi connectivity index (χ2v) is 4.49. The number of carbonyl (C=O) groups excluding carboxylic acids is 1. The van der Waals surface area contributed by atoms with E-state index >= 15 is 0 Å². The molecular weight excluding hydrogens is 192 g/mol. The van der Waals surface area contributed by atoms with Crippen LogP contribution in [-0.2, 0) is 4.74 Å². The molecule has 4 nitrogen and oxygen atoms in total. The third kappa shape index (κ3) is 7.80. The van der Waals surface area contributed by atoms with E-state index in [-0.39, 0.29) is 6.04 Å². The van der Waals surface area contributed by atoms with E-state index in [1.807, 2.05) is 27.7 Å². The van der Waals surface area contributed by atoms with Gasteiger partial charge in [-0.3, -0.25) is 0 Å². The number of amides is 1. The fraction of sp³-hybridized carbons (Fsp3) is 0.818. The average molecular weight is 212 g/mol. The molecule has 0 rings (SSSR count). The summed E-state index contributed by atoms with van der Waals surface area (Å²) in [6.07, 6.45) is 1.61. The Morgan fingerprint density at radius 3 is 2.53 bits per heavy atom. The molecule has 0 bridgehead atoms. The molecule has 0 spiro atoms. The maximum atomic E-state index is 11.4. The van der Waals surface area contributed by atoms with Crippen molar-refractivity contribution in [3.05, 3.63) is 0 Å². The highest BCUT2D eigenvalue weighted by molar-refractivity contribution is 5.68. The normalized spacial score (nSPS) is 12.7. The molecule has 0 aliphatic heterocycles. The largest absolute Gasteiger partial charge is 0.444 e. The predicted octanol–water partition coefficient (Wildman–Crippen LogP) is 2.59. The van der Waals surface area contributed by atoms with Gasteiger partial charge in [0.1, 0.15) is 5.60 Å². The molecule has 0 aliphatic carbocycles. The van der Waals surface area contributed by atoms with E-state index in [0.717, 1.165) is 12.8 Å². The maximum Gasteiger partial charge on any atom is 0.407 e. The second-order valence-electron chi connectivity index (χ2n) is 4.49. The van der Waals surface area contributed by atoms with Gasteiger partial charge in [-0.1, -0.05) is 13.3 Å². The molecule has 4 heteroatoms. The molecular formula is C11H20N2O2. The van der Waals surface area contributed by atoms with Gasteiger partial charge >= 0.3 is 6.09 Å². The molecule has 1 unspecified atom stereocenters. The van der Waals surface area contributed by atoms with Crippen molar-refractivity contribution in [1.82, 2.24) is 5.32 Å². The van der Waals surface area contributed by atoms with Gasteiger partial charge < -0.3 is 10.1 Å². The molecule has 15 heavy (non-hydrogen) atoms. The highest BCUT2D eigenvalue weighted by Crippen LogP contribution is 2.08. The number of nitrogens with one attached hydrogen (secondary N) is 1. The van der Waals surface area contributed by atoms with Crippen molar-refractivity contribution in [2.45, 2.75) is 58.6 Å². The Morgan fingerprint density at radius 2 is 2.13 bits per heavy atom. The first-order valence-corrected chi connectivity index (χ1v) is 5.25. The van der Waals surface area contributed by atoms with E-state index in [0.29, 0.717) is 6.42 Å². The smallest absolute Gasteiger partial charge is 0.407 e. The molecule has 1 amide bonds. The van der Waals surface area contributed by atoms with Crippen molar-refractivity contribution >= 4 is 6.09 Å². The van der Waals surface area contributed by atoms with Crippen LogP contribution >= 0.6 is 0 Å². The zero-order valence-electron chi connectivity index (χ0n) is 9.96. The minimum Gasteiger partial charge on any atom is -0.444 e. The van der Waals surface area contributed by atoms with Gasteiger partial charge in [0.15, 0.2) is 0 Å². The van der Waals surface area contributed by atoms with Crippen LogP contribution in [0.5, 0.6) is 0 Å². The van der Waals surface area contributed by atoms with Gasteiger partial charge in [-0.15, -0.1) is 0 Å². The first kappa shape index (κ1) is 13.8. The topological polar surface area (TPSA) is 62.1 Å². The van der Waals surface area contributed by atoms with Crippen LogP contribution in [-0.4, -0.2) is 17.7 Å². The molecule has 1 atom stereocenters. The third-order valence-corrected chi connectivity index (χ3v) is 1.70. The van der Waals surface area contributed by atoms with Crippen molar-refractivity contribution in [2.24, 2.45) is 0 Å². The number of nitrogens with zero attached hydrogens (tertiary/aromatic N) is 1. The predicted molar refractivity (Wildman–Crippen MR) is 58.3 cm³/mol. The average Bonchev–Trinajstić information content (AvgIpc) is 2.00. The Morgan fingerprint density at radius 1 is 1.53 bits per heavy atom. The third-order valence-electron chi connectivity index (χ3n) is 1.70. The van der Waals surface area contributed by atoms with Gasteiger partial charge in [-0.25, -0.2) is 4.79 Å². The fourth-order valence-corrected chi connectivity index (χ4v) is 1.16. The molecule has 0 saturated heterocycles.